The molecule has 16 heavy (non-hydrogen) atoms. The Morgan fingerprint density at radius 1 is 1.62 bits per heavy atom. The van der Waals surface area contributed by atoms with Crippen molar-refractivity contribution in [3.63, 3.8) is 0 Å². The summed E-state index contributed by atoms with van der Waals surface area (Å²) >= 11 is 0. The first-order valence-corrected chi connectivity index (χ1v) is 5.20. The first-order valence-electron chi connectivity index (χ1n) is 5.20. The summed E-state index contributed by atoms with van der Waals surface area (Å²) in [5, 5.41) is 7.25. The van der Waals surface area contributed by atoms with Crippen LogP contribution < -0.4 is 11.1 Å². The monoisotopic (exact) mass is 221 g/mol. The predicted octanol–water partition coefficient (Wildman–Crippen LogP) is 0.627. The molecule has 0 aliphatic carbocycles. The number of rotatable bonds is 4. The Kier molecular flexibility index (Phi) is 4.10. The molecule has 0 saturated carbocycles. The van der Waals surface area contributed by atoms with E-state index in [0.717, 1.165) is 17.0 Å². The molecule has 0 atom stereocenters. The number of nitrogens with two attached hydrogens (primary N) is 1. The molecule has 0 bridgehead atoms. The van der Waals surface area contributed by atoms with E-state index in [2.05, 4.69) is 22.0 Å². The van der Waals surface area contributed by atoms with E-state index in [0.29, 0.717) is 19.0 Å². The van der Waals surface area contributed by atoms with Gasteiger partial charge in [0.05, 0.1) is 12.2 Å². The van der Waals surface area contributed by atoms with Crippen LogP contribution in [0, 0.1) is 13.8 Å². The zero-order valence-electron chi connectivity index (χ0n) is 10.1. The summed E-state index contributed by atoms with van der Waals surface area (Å²) in [6.45, 7) is 8.78. The van der Waals surface area contributed by atoms with Crippen molar-refractivity contribution in [1.29, 1.82) is 0 Å². The summed E-state index contributed by atoms with van der Waals surface area (Å²) in [7, 11) is 1.93. The van der Waals surface area contributed by atoms with Gasteiger partial charge in [0, 0.05) is 24.8 Å². The van der Waals surface area contributed by atoms with Crippen LogP contribution in [0.2, 0.25) is 0 Å². The number of aryl methyl sites for hydroxylation is 2. The molecule has 1 rings (SSSR count). The zero-order valence-corrected chi connectivity index (χ0v) is 10.1. The van der Waals surface area contributed by atoms with Gasteiger partial charge in [-0.25, -0.2) is 4.99 Å². The summed E-state index contributed by atoms with van der Waals surface area (Å²) in [6, 6.07) is 0. The molecule has 1 aromatic heterocycles. The van der Waals surface area contributed by atoms with Crippen molar-refractivity contribution in [3.05, 3.63) is 29.6 Å². The van der Waals surface area contributed by atoms with Gasteiger partial charge in [0.1, 0.15) is 0 Å². The molecule has 5 nitrogen and oxygen atoms in total. The number of hydrogen-bond donors (Lipinski definition) is 2. The van der Waals surface area contributed by atoms with Gasteiger partial charge in [0.25, 0.3) is 0 Å². The second-order valence-electron chi connectivity index (χ2n) is 3.64. The lowest BCUT2D eigenvalue weighted by Crippen LogP contribution is -2.31. The van der Waals surface area contributed by atoms with Crippen LogP contribution in [0.5, 0.6) is 0 Å². The van der Waals surface area contributed by atoms with Gasteiger partial charge in [-0.05, 0) is 13.8 Å². The number of nitrogens with one attached hydrogen (secondary N) is 1. The first kappa shape index (κ1) is 12.3. The molecule has 1 heterocycles. The molecule has 0 unspecified atom stereocenters. The summed E-state index contributed by atoms with van der Waals surface area (Å²) in [4.78, 5) is 4.25. The van der Waals surface area contributed by atoms with Crippen LogP contribution in [0.1, 0.15) is 17.0 Å². The average molecular weight is 221 g/mol. The van der Waals surface area contributed by atoms with Crippen molar-refractivity contribution >= 4 is 5.96 Å². The van der Waals surface area contributed by atoms with Crippen molar-refractivity contribution in [2.45, 2.75) is 20.4 Å². The Bertz CT molecular complexity index is 403. The van der Waals surface area contributed by atoms with E-state index in [1.165, 1.54) is 0 Å². The lowest BCUT2D eigenvalue weighted by molar-refractivity contribution is 0.730. The van der Waals surface area contributed by atoms with Gasteiger partial charge in [-0.2, -0.15) is 5.10 Å². The van der Waals surface area contributed by atoms with E-state index in [-0.39, 0.29) is 0 Å². The third-order valence-corrected chi connectivity index (χ3v) is 2.49. The quantitative estimate of drug-likeness (QED) is 0.445. The van der Waals surface area contributed by atoms with Gasteiger partial charge >= 0.3 is 0 Å². The highest BCUT2D eigenvalue weighted by Gasteiger charge is 2.08. The van der Waals surface area contributed by atoms with Crippen LogP contribution >= 0.6 is 0 Å². The van der Waals surface area contributed by atoms with Crippen LogP contribution in [0.25, 0.3) is 0 Å². The SMILES string of the molecule is C=CCNC(N)=NCc1c(C)nn(C)c1C. The fraction of sp³-hybridized carbons (Fsp3) is 0.455. The molecule has 0 amide bonds. The lowest BCUT2D eigenvalue weighted by Gasteiger charge is -2.02. The van der Waals surface area contributed by atoms with Crippen LogP contribution in [0.4, 0.5) is 0 Å². The van der Waals surface area contributed by atoms with Gasteiger partial charge < -0.3 is 11.1 Å². The lowest BCUT2D eigenvalue weighted by atomic mass is 10.2. The molecule has 5 heteroatoms. The molecular weight excluding hydrogens is 202 g/mol. The second-order valence-corrected chi connectivity index (χ2v) is 3.64. The Labute approximate surface area is 96.1 Å². The van der Waals surface area contributed by atoms with E-state index in [4.69, 9.17) is 5.73 Å². The molecule has 0 saturated heterocycles. The van der Waals surface area contributed by atoms with Crippen molar-refractivity contribution in [2.24, 2.45) is 17.8 Å². The average Bonchev–Trinajstić information content (AvgIpc) is 2.48. The molecule has 3 N–H and O–H groups in total. The third kappa shape index (κ3) is 2.85. The predicted molar refractivity (Wildman–Crippen MR) is 66.2 cm³/mol. The van der Waals surface area contributed by atoms with Crippen molar-refractivity contribution in [3.8, 4) is 0 Å². The Morgan fingerprint density at radius 3 is 2.81 bits per heavy atom. The molecule has 0 aliphatic rings. The molecule has 0 aliphatic heterocycles. The molecule has 0 spiro atoms. The molecule has 0 aromatic carbocycles. The number of guanidine groups is 1. The minimum absolute atomic E-state index is 0.433. The highest BCUT2D eigenvalue weighted by atomic mass is 15.3. The fourth-order valence-corrected chi connectivity index (χ4v) is 1.44. The highest BCUT2D eigenvalue weighted by Crippen LogP contribution is 2.12. The van der Waals surface area contributed by atoms with Crippen molar-refractivity contribution < 1.29 is 0 Å². The number of nitrogens with zero attached hydrogens (tertiary/aromatic N) is 3. The van der Waals surface area contributed by atoms with Crippen LogP contribution in [-0.2, 0) is 13.6 Å². The van der Waals surface area contributed by atoms with Gasteiger partial charge in [-0.1, -0.05) is 6.08 Å². The highest BCUT2D eigenvalue weighted by molar-refractivity contribution is 5.77. The normalized spacial score (nSPS) is 11.6. The van der Waals surface area contributed by atoms with Crippen LogP contribution in [-0.4, -0.2) is 22.3 Å². The molecule has 0 radical (unpaired) electrons. The van der Waals surface area contributed by atoms with E-state index in [9.17, 15) is 0 Å². The van der Waals surface area contributed by atoms with Crippen LogP contribution in [0.3, 0.4) is 0 Å². The summed E-state index contributed by atoms with van der Waals surface area (Å²) in [5.41, 5.74) is 8.93. The maximum absolute atomic E-state index is 5.68. The van der Waals surface area contributed by atoms with E-state index in [1.54, 1.807) is 6.08 Å². The Morgan fingerprint density at radius 2 is 2.31 bits per heavy atom. The Hall–Kier alpha value is -1.78. The van der Waals surface area contributed by atoms with Crippen molar-refractivity contribution in [2.75, 3.05) is 6.54 Å². The number of aromatic nitrogens is 2. The van der Waals surface area contributed by atoms with E-state index >= 15 is 0 Å². The van der Waals surface area contributed by atoms with E-state index < -0.39 is 0 Å². The fourth-order valence-electron chi connectivity index (χ4n) is 1.44. The number of aliphatic imine (C=N–C) groups is 1. The van der Waals surface area contributed by atoms with Gasteiger partial charge in [-0.15, -0.1) is 6.58 Å². The number of hydrogen-bond acceptors (Lipinski definition) is 2. The molecule has 1 aromatic rings. The maximum atomic E-state index is 5.68. The topological polar surface area (TPSA) is 68.2 Å². The first-order chi connectivity index (χ1) is 7.56. The van der Waals surface area contributed by atoms with E-state index in [1.807, 2.05) is 25.6 Å². The summed E-state index contributed by atoms with van der Waals surface area (Å²) < 4.78 is 1.85. The molecule has 88 valence electrons. The van der Waals surface area contributed by atoms with Gasteiger partial charge in [0.2, 0.25) is 0 Å². The zero-order chi connectivity index (χ0) is 12.1. The largest absolute Gasteiger partial charge is 0.370 e. The molecule has 0 fully saturated rings. The van der Waals surface area contributed by atoms with Gasteiger partial charge in [0.15, 0.2) is 5.96 Å². The van der Waals surface area contributed by atoms with Crippen LogP contribution in [0.15, 0.2) is 17.6 Å². The Balaban J connectivity index is 2.70. The minimum Gasteiger partial charge on any atom is -0.370 e. The maximum Gasteiger partial charge on any atom is 0.189 e. The summed E-state index contributed by atoms with van der Waals surface area (Å²) in [5.74, 6) is 0.433. The second kappa shape index (κ2) is 5.34. The minimum atomic E-state index is 0.433. The smallest absolute Gasteiger partial charge is 0.189 e. The third-order valence-electron chi connectivity index (χ3n) is 2.49. The molecular formula is C11H19N5. The van der Waals surface area contributed by atoms with Gasteiger partial charge in [-0.3, -0.25) is 4.68 Å². The standard InChI is InChI=1S/C11H19N5/c1-5-6-13-11(12)14-7-10-8(2)15-16(4)9(10)3/h5H,1,6-7H2,2-4H3,(H3,12,13,14). The van der Waals surface area contributed by atoms with Crippen molar-refractivity contribution in [1.82, 2.24) is 15.1 Å². The summed E-state index contributed by atoms with van der Waals surface area (Å²) in [6.07, 6.45) is 1.74.